The Morgan fingerprint density at radius 1 is 0.941 bits per heavy atom. The van der Waals surface area contributed by atoms with Gasteiger partial charge in [0.2, 0.25) is 0 Å². The molecule has 0 radical (unpaired) electrons. The zero-order valence-electron chi connectivity index (χ0n) is 17.7. The molecule has 3 aromatic carbocycles. The first-order valence-corrected chi connectivity index (χ1v) is 12.6. The van der Waals surface area contributed by atoms with E-state index >= 15 is 0 Å². The summed E-state index contributed by atoms with van der Waals surface area (Å²) in [6.07, 6.45) is 1.07. The minimum atomic E-state index is -3.62. The standard InChI is InChI=1S/C24H17F3N2O3S2/c1-34(31,32)20-5-3-2-4-19(20)21-22(15-6-8-16(25)9-7-15)33-24(29-21)23(30)28-13-14-10-17(26)12-18(27)11-14/h2-12H,13H2,1H3,(H,28,30). The Morgan fingerprint density at radius 3 is 2.24 bits per heavy atom. The van der Waals surface area contributed by atoms with Crippen molar-refractivity contribution in [2.24, 2.45) is 0 Å². The number of nitrogens with zero attached hydrogens (tertiary/aromatic N) is 1. The molecule has 4 aromatic rings. The van der Waals surface area contributed by atoms with E-state index in [-0.39, 0.29) is 27.7 Å². The fourth-order valence-electron chi connectivity index (χ4n) is 3.35. The van der Waals surface area contributed by atoms with Crippen LogP contribution in [0.1, 0.15) is 15.4 Å². The van der Waals surface area contributed by atoms with Crippen LogP contribution < -0.4 is 5.32 Å². The van der Waals surface area contributed by atoms with Gasteiger partial charge in [-0.2, -0.15) is 0 Å². The van der Waals surface area contributed by atoms with Gasteiger partial charge in [-0.3, -0.25) is 4.79 Å². The van der Waals surface area contributed by atoms with Crippen molar-refractivity contribution in [3.8, 4) is 21.7 Å². The van der Waals surface area contributed by atoms with Gasteiger partial charge in [0.1, 0.15) is 17.5 Å². The van der Waals surface area contributed by atoms with Gasteiger partial charge in [-0.25, -0.2) is 26.6 Å². The summed E-state index contributed by atoms with van der Waals surface area (Å²) in [5.74, 6) is -2.60. The average molecular weight is 503 g/mol. The fraction of sp³-hybridized carbons (Fsp3) is 0.0833. The molecule has 4 rings (SSSR count). The van der Waals surface area contributed by atoms with Crippen molar-refractivity contribution in [1.82, 2.24) is 10.3 Å². The first-order valence-electron chi connectivity index (χ1n) is 9.91. The number of amides is 1. The van der Waals surface area contributed by atoms with Crippen LogP contribution >= 0.6 is 11.3 Å². The molecule has 1 aromatic heterocycles. The van der Waals surface area contributed by atoms with Gasteiger partial charge in [-0.05, 0) is 41.5 Å². The van der Waals surface area contributed by atoms with Crippen LogP contribution in [-0.2, 0) is 16.4 Å². The van der Waals surface area contributed by atoms with Gasteiger partial charge in [0.15, 0.2) is 14.8 Å². The third-order valence-electron chi connectivity index (χ3n) is 4.84. The molecule has 1 amide bonds. The monoisotopic (exact) mass is 502 g/mol. The second-order valence-electron chi connectivity index (χ2n) is 7.43. The molecule has 0 saturated heterocycles. The Labute approximate surface area is 197 Å². The smallest absolute Gasteiger partial charge is 0.280 e. The summed E-state index contributed by atoms with van der Waals surface area (Å²) in [5.41, 5.74) is 1.32. The van der Waals surface area contributed by atoms with Crippen LogP contribution in [0.3, 0.4) is 0 Å². The molecule has 1 heterocycles. The second-order valence-corrected chi connectivity index (χ2v) is 10.4. The highest BCUT2D eigenvalue weighted by molar-refractivity contribution is 7.90. The van der Waals surface area contributed by atoms with Crippen molar-refractivity contribution in [3.63, 3.8) is 0 Å². The number of carbonyl (C=O) groups excluding carboxylic acids is 1. The van der Waals surface area contributed by atoms with Crippen molar-refractivity contribution < 1.29 is 26.4 Å². The summed E-state index contributed by atoms with van der Waals surface area (Å²) in [6.45, 7) is -0.145. The van der Waals surface area contributed by atoms with Gasteiger partial charge in [0.05, 0.1) is 15.5 Å². The van der Waals surface area contributed by atoms with Gasteiger partial charge in [-0.15, -0.1) is 11.3 Å². The Kier molecular flexibility index (Phi) is 6.54. The predicted octanol–water partition coefficient (Wildman–Crippen LogP) is 5.23. The van der Waals surface area contributed by atoms with Gasteiger partial charge < -0.3 is 5.32 Å². The van der Waals surface area contributed by atoms with Crippen LogP contribution in [0, 0.1) is 17.5 Å². The SMILES string of the molecule is CS(=O)(=O)c1ccccc1-c1nc(C(=O)NCc2cc(F)cc(F)c2)sc1-c1ccc(F)cc1. The third-order valence-corrected chi connectivity index (χ3v) is 7.10. The molecule has 0 unspecified atom stereocenters. The van der Waals surface area contributed by atoms with E-state index in [9.17, 15) is 26.4 Å². The Bertz CT molecular complexity index is 1460. The number of aromatic nitrogens is 1. The van der Waals surface area contributed by atoms with Crippen LogP contribution in [0.25, 0.3) is 21.7 Å². The number of halogens is 3. The van der Waals surface area contributed by atoms with Crippen molar-refractivity contribution >= 4 is 27.1 Å². The van der Waals surface area contributed by atoms with E-state index in [2.05, 4.69) is 10.3 Å². The van der Waals surface area contributed by atoms with Gasteiger partial charge in [0, 0.05) is 24.4 Å². The quantitative estimate of drug-likeness (QED) is 0.392. The number of hydrogen-bond acceptors (Lipinski definition) is 5. The van der Waals surface area contributed by atoms with E-state index in [0.717, 1.165) is 35.8 Å². The summed E-state index contributed by atoms with van der Waals surface area (Å²) in [4.78, 5) is 17.7. The van der Waals surface area contributed by atoms with E-state index < -0.39 is 33.2 Å². The minimum Gasteiger partial charge on any atom is -0.346 e. The maximum Gasteiger partial charge on any atom is 0.280 e. The van der Waals surface area contributed by atoms with Crippen molar-refractivity contribution in [1.29, 1.82) is 0 Å². The molecule has 10 heteroatoms. The second kappa shape index (κ2) is 9.40. The third kappa shape index (κ3) is 5.18. The first-order chi connectivity index (χ1) is 16.1. The number of carbonyl (C=O) groups is 1. The summed E-state index contributed by atoms with van der Waals surface area (Å²) in [7, 11) is -3.62. The summed E-state index contributed by atoms with van der Waals surface area (Å²) in [5, 5.41) is 2.57. The molecule has 174 valence electrons. The molecule has 5 nitrogen and oxygen atoms in total. The van der Waals surface area contributed by atoms with E-state index in [1.54, 1.807) is 18.2 Å². The summed E-state index contributed by atoms with van der Waals surface area (Å²) < 4.78 is 65.1. The maximum absolute atomic E-state index is 13.5. The maximum atomic E-state index is 13.5. The summed E-state index contributed by atoms with van der Waals surface area (Å²) >= 11 is 0.994. The average Bonchev–Trinajstić information content (AvgIpc) is 3.22. The van der Waals surface area contributed by atoms with Crippen molar-refractivity contribution in [2.45, 2.75) is 11.4 Å². The molecule has 34 heavy (non-hydrogen) atoms. The lowest BCUT2D eigenvalue weighted by Crippen LogP contribution is -2.22. The van der Waals surface area contributed by atoms with Crippen LogP contribution in [0.15, 0.2) is 71.6 Å². The largest absolute Gasteiger partial charge is 0.346 e. The van der Waals surface area contributed by atoms with Crippen LogP contribution in [-0.4, -0.2) is 25.6 Å². The molecule has 0 fully saturated rings. The molecular weight excluding hydrogens is 485 g/mol. The lowest BCUT2D eigenvalue weighted by atomic mass is 10.1. The lowest BCUT2D eigenvalue weighted by molar-refractivity contribution is 0.0950. The van der Waals surface area contributed by atoms with Gasteiger partial charge in [-0.1, -0.05) is 30.3 Å². The Morgan fingerprint density at radius 2 is 1.59 bits per heavy atom. The number of nitrogens with one attached hydrogen (secondary N) is 1. The number of benzene rings is 3. The van der Waals surface area contributed by atoms with Crippen LogP contribution in [0.5, 0.6) is 0 Å². The number of thiazole rings is 1. The molecule has 0 aliphatic heterocycles. The lowest BCUT2D eigenvalue weighted by Gasteiger charge is -2.08. The molecule has 0 saturated carbocycles. The zero-order valence-corrected chi connectivity index (χ0v) is 19.3. The molecule has 0 atom stereocenters. The molecular formula is C24H17F3N2O3S2. The first kappa shape index (κ1) is 23.7. The number of hydrogen-bond donors (Lipinski definition) is 1. The predicted molar refractivity (Wildman–Crippen MR) is 124 cm³/mol. The molecule has 0 aliphatic rings. The Hall–Kier alpha value is -3.50. The number of rotatable bonds is 6. The van der Waals surface area contributed by atoms with E-state index in [1.807, 2.05) is 0 Å². The minimum absolute atomic E-state index is 0.00880. The van der Waals surface area contributed by atoms with E-state index in [0.29, 0.717) is 16.0 Å². The highest BCUT2D eigenvalue weighted by atomic mass is 32.2. The van der Waals surface area contributed by atoms with Crippen LogP contribution in [0.4, 0.5) is 13.2 Å². The molecule has 0 aliphatic carbocycles. The topological polar surface area (TPSA) is 76.1 Å². The highest BCUT2D eigenvalue weighted by Gasteiger charge is 2.23. The van der Waals surface area contributed by atoms with E-state index in [1.165, 1.54) is 30.3 Å². The molecule has 0 bridgehead atoms. The normalized spacial score (nSPS) is 11.4. The van der Waals surface area contributed by atoms with Crippen molar-refractivity contribution in [2.75, 3.05) is 6.26 Å². The Balaban J connectivity index is 1.76. The van der Waals surface area contributed by atoms with Crippen LogP contribution in [0.2, 0.25) is 0 Å². The van der Waals surface area contributed by atoms with Gasteiger partial charge in [0.25, 0.3) is 5.91 Å². The highest BCUT2D eigenvalue weighted by Crippen LogP contribution is 2.39. The summed E-state index contributed by atoms with van der Waals surface area (Å²) in [6, 6.07) is 14.7. The molecule has 1 N–H and O–H groups in total. The van der Waals surface area contributed by atoms with Gasteiger partial charge >= 0.3 is 0 Å². The van der Waals surface area contributed by atoms with Crippen molar-refractivity contribution in [3.05, 3.63) is 94.8 Å². The van der Waals surface area contributed by atoms with E-state index in [4.69, 9.17) is 0 Å². The number of sulfone groups is 1. The molecule has 0 spiro atoms. The fourth-order valence-corrected chi connectivity index (χ4v) is 5.24. The zero-order chi connectivity index (χ0) is 24.5.